The van der Waals surface area contributed by atoms with Crippen LogP contribution in [0.3, 0.4) is 0 Å². The number of nitro groups is 1. The molecule has 1 rings (SSSR count). The Bertz CT molecular complexity index is 523. The molecule has 0 bridgehead atoms. The Morgan fingerprint density at radius 1 is 1.67 bits per heavy atom. The first-order valence-electron chi connectivity index (χ1n) is 4.83. The van der Waals surface area contributed by atoms with E-state index in [1.807, 2.05) is 0 Å². The van der Waals surface area contributed by atoms with Gasteiger partial charge in [-0.3, -0.25) is 14.9 Å². The van der Waals surface area contributed by atoms with Crippen molar-refractivity contribution in [3.8, 4) is 6.07 Å². The van der Waals surface area contributed by atoms with Crippen molar-refractivity contribution in [2.45, 2.75) is 0 Å². The average molecular weight is 250 g/mol. The molecular weight excluding hydrogens is 240 g/mol. The second-order valence-corrected chi connectivity index (χ2v) is 3.34. The first-order chi connectivity index (χ1) is 8.49. The van der Waals surface area contributed by atoms with Crippen molar-refractivity contribution in [1.29, 1.82) is 5.26 Å². The highest BCUT2D eigenvalue weighted by Crippen LogP contribution is 2.19. The lowest BCUT2D eigenvalue weighted by Gasteiger charge is -2.16. The number of carbonyl (C=O) groups is 1. The monoisotopic (exact) mass is 250 g/mol. The normalized spacial score (nSPS) is 9.39. The van der Waals surface area contributed by atoms with Crippen LogP contribution < -0.4 is 4.90 Å². The van der Waals surface area contributed by atoms with Crippen LogP contribution in [-0.2, 0) is 9.53 Å². The van der Waals surface area contributed by atoms with E-state index in [4.69, 9.17) is 5.26 Å². The van der Waals surface area contributed by atoms with E-state index in [1.54, 1.807) is 13.1 Å². The molecule has 0 spiro atoms. The lowest BCUT2D eigenvalue weighted by atomic mass is 10.3. The SMILES string of the molecule is COC(=O)CN(C)c1ccc([N+](=O)[O-])c(C#N)n1. The molecule has 8 nitrogen and oxygen atoms in total. The minimum atomic E-state index is -0.685. The fourth-order valence-electron chi connectivity index (χ4n) is 1.22. The maximum atomic E-state index is 11.1. The molecule has 0 N–H and O–H groups in total. The minimum Gasteiger partial charge on any atom is -0.468 e. The van der Waals surface area contributed by atoms with Gasteiger partial charge in [0.05, 0.1) is 12.0 Å². The average Bonchev–Trinajstić information content (AvgIpc) is 2.37. The standard InChI is InChI=1S/C10H10N4O4/c1-13(6-10(15)18-2)9-4-3-8(14(16)17)7(5-11)12-9/h3-4H,6H2,1-2H3. The van der Waals surface area contributed by atoms with Gasteiger partial charge in [-0.1, -0.05) is 0 Å². The summed E-state index contributed by atoms with van der Waals surface area (Å²) >= 11 is 0. The maximum Gasteiger partial charge on any atom is 0.325 e. The Morgan fingerprint density at radius 2 is 2.33 bits per heavy atom. The Morgan fingerprint density at radius 3 is 2.83 bits per heavy atom. The third-order valence-electron chi connectivity index (χ3n) is 2.15. The lowest BCUT2D eigenvalue weighted by molar-refractivity contribution is -0.385. The maximum absolute atomic E-state index is 11.1. The summed E-state index contributed by atoms with van der Waals surface area (Å²) in [5.74, 6) is -0.196. The van der Waals surface area contributed by atoms with E-state index >= 15 is 0 Å². The van der Waals surface area contributed by atoms with Gasteiger partial charge in [0.25, 0.3) is 0 Å². The van der Waals surface area contributed by atoms with Gasteiger partial charge in [0.1, 0.15) is 18.4 Å². The molecule has 0 atom stereocenters. The predicted octanol–water partition coefficient (Wildman–Crippen LogP) is 0.471. The molecule has 0 radical (unpaired) electrons. The summed E-state index contributed by atoms with van der Waals surface area (Å²) in [5.41, 5.74) is -0.665. The quantitative estimate of drug-likeness (QED) is 0.434. The number of nitriles is 1. The number of ether oxygens (including phenoxy) is 1. The Hall–Kier alpha value is -2.69. The molecule has 0 aromatic carbocycles. The smallest absolute Gasteiger partial charge is 0.325 e. The van der Waals surface area contributed by atoms with E-state index in [1.165, 1.54) is 24.1 Å². The second kappa shape index (κ2) is 5.58. The molecule has 0 saturated carbocycles. The summed E-state index contributed by atoms with van der Waals surface area (Å²) in [6.07, 6.45) is 0. The molecule has 1 heterocycles. The molecule has 0 fully saturated rings. The van der Waals surface area contributed by atoms with Crippen LogP contribution >= 0.6 is 0 Å². The molecular formula is C10H10N4O4. The van der Waals surface area contributed by atoms with Gasteiger partial charge < -0.3 is 9.64 Å². The highest BCUT2D eigenvalue weighted by atomic mass is 16.6. The van der Waals surface area contributed by atoms with Gasteiger partial charge in [0, 0.05) is 13.1 Å². The largest absolute Gasteiger partial charge is 0.468 e. The fraction of sp³-hybridized carbons (Fsp3) is 0.300. The highest BCUT2D eigenvalue weighted by Gasteiger charge is 2.17. The van der Waals surface area contributed by atoms with E-state index in [0.717, 1.165) is 0 Å². The third kappa shape index (κ3) is 2.91. The van der Waals surface area contributed by atoms with E-state index in [2.05, 4.69) is 9.72 Å². The van der Waals surface area contributed by atoms with E-state index in [0.29, 0.717) is 0 Å². The molecule has 0 aliphatic rings. The second-order valence-electron chi connectivity index (χ2n) is 3.34. The molecule has 0 aliphatic carbocycles. The number of pyridine rings is 1. The van der Waals surface area contributed by atoms with Crippen LogP contribution in [0, 0.1) is 21.4 Å². The number of nitrogens with zero attached hydrogens (tertiary/aromatic N) is 4. The summed E-state index contributed by atoms with van der Waals surface area (Å²) in [4.78, 5) is 26.2. The fourth-order valence-corrected chi connectivity index (χ4v) is 1.22. The zero-order valence-electron chi connectivity index (χ0n) is 9.78. The van der Waals surface area contributed by atoms with Crippen molar-refractivity contribution in [2.24, 2.45) is 0 Å². The number of likely N-dealkylation sites (N-methyl/N-ethyl adjacent to an activating group) is 1. The van der Waals surface area contributed by atoms with Crippen LogP contribution in [0.4, 0.5) is 11.5 Å². The minimum absolute atomic E-state index is 0.0633. The van der Waals surface area contributed by atoms with Crippen LogP contribution in [0.25, 0.3) is 0 Å². The van der Waals surface area contributed by atoms with Crippen molar-refractivity contribution >= 4 is 17.5 Å². The zero-order chi connectivity index (χ0) is 13.7. The molecule has 0 amide bonds. The summed E-state index contributed by atoms with van der Waals surface area (Å²) in [7, 11) is 2.81. The van der Waals surface area contributed by atoms with E-state index in [9.17, 15) is 14.9 Å². The molecule has 94 valence electrons. The van der Waals surface area contributed by atoms with Crippen LogP contribution in [-0.4, -0.2) is 36.6 Å². The summed E-state index contributed by atoms with van der Waals surface area (Å²) in [6.45, 7) is -0.0633. The summed E-state index contributed by atoms with van der Waals surface area (Å²) in [5, 5.41) is 19.4. The third-order valence-corrected chi connectivity index (χ3v) is 2.15. The number of aromatic nitrogens is 1. The van der Waals surface area contributed by atoms with Crippen molar-refractivity contribution in [2.75, 3.05) is 25.6 Å². The number of rotatable bonds is 4. The molecule has 18 heavy (non-hydrogen) atoms. The number of anilines is 1. The molecule has 1 aromatic rings. The Labute approximate surface area is 103 Å². The van der Waals surface area contributed by atoms with Crippen molar-refractivity contribution in [1.82, 2.24) is 4.98 Å². The van der Waals surface area contributed by atoms with Crippen molar-refractivity contribution in [3.05, 3.63) is 27.9 Å². The van der Waals surface area contributed by atoms with Gasteiger partial charge in [-0.15, -0.1) is 0 Å². The molecule has 0 saturated heterocycles. The number of hydrogen-bond acceptors (Lipinski definition) is 7. The first kappa shape index (κ1) is 13.4. The summed E-state index contributed by atoms with van der Waals surface area (Å²) in [6, 6.07) is 4.18. The molecule has 0 unspecified atom stereocenters. The van der Waals surface area contributed by atoms with Crippen molar-refractivity contribution in [3.63, 3.8) is 0 Å². The van der Waals surface area contributed by atoms with Gasteiger partial charge in [0.2, 0.25) is 5.69 Å². The molecule has 0 aliphatic heterocycles. The van der Waals surface area contributed by atoms with Gasteiger partial charge in [-0.2, -0.15) is 5.26 Å². The first-order valence-corrected chi connectivity index (χ1v) is 4.83. The number of esters is 1. The lowest BCUT2D eigenvalue weighted by Crippen LogP contribution is -2.27. The number of methoxy groups -OCH3 is 1. The summed E-state index contributed by atoms with van der Waals surface area (Å²) < 4.78 is 4.48. The van der Waals surface area contributed by atoms with E-state index in [-0.39, 0.29) is 23.7 Å². The van der Waals surface area contributed by atoms with Crippen LogP contribution in [0.2, 0.25) is 0 Å². The highest BCUT2D eigenvalue weighted by molar-refractivity contribution is 5.75. The van der Waals surface area contributed by atoms with Crippen LogP contribution in [0.15, 0.2) is 12.1 Å². The molecule has 1 aromatic heterocycles. The van der Waals surface area contributed by atoms with Gasteiger partial charge in [0.15, 0.2) is 0 Å². The van der Waals surface area contributed by atoms with Gasteiger partial charge >= 0.3 is 11.7 Å². The van der Waals surface area contributed by atoms with Gasteiger partial charge in [-0.05, 0) is 6.07 Å². The van der Waals surface area contributed by atoms with Crippen LogP contribution in [0.1, 0.15) is 5.69 Å². The topological polar surface area (TPSA) is 109 Å². The Kier molecular flexibility index (Phi) is 4.15. The number of hydrogen-bond donors (Lipinski definition) is 0. The Balaban J connectivity index is 3.03. The zero-order valence-corrected chi connectivity index (χ0v) is 9.78. The van der Waals surface area contributed by atoms with Gasteiger partial charge in [-0.25, -0.2) is 4.98 Å². The molecule has 8 heteroatoms. The predicted molar refractivity (Wildman–Crippen MR) is 60.9 cm³/mol. The number of carbonyl (C=O) groups excluding carboxylic acids is 1. The van der Waals surface area contributed by atoms with Crippen LogP contribution in [0.5, 0.6) is 0 Å². The van der Waals surface area contributed by atoms with E-state index < -0.39 is 10.9 Å². The van der Waals surface area contributed by atoms with Crippen molar-refractivity contribution < 1.29 is 14.5 Å².